The molecule has 1 N–H and O–H groups in total. The van der Waals surface area contributed by atoms with Crippen molar-refractivity contribution < 1.29 is 9.21 Å². The summed E-state index contributed by atoms with van der Waals surface area (Å²) in [7, 11) is 0. The molecule has 5 heteroatoms. The number of nitrogens with one attached hydrogen (secondary N) is 1. The summed E-state index contributed by atoms with van der Waals surface area (Å²) in [5.41, 5.74) is 0.0292. The highest BCUT2D eigenvalue weighted by Gasteiger charge is 2.09. The van der Waals surface area contributed by atoms with Gasteiger partial charge in [0, 0.05) is 11.0 Å². The molecular formula is C13H10N2O2S. The second-order valence-corrected chi connectivity index (χ2v) is 4.48. The average molecular weight is 258 g/mol. The van der Waals surface area contributed by atoms with E-state index in [4.69, 9.17) is 9.68 Å². The van der Waals surface area contributed by atoms with Crippen LogP contribution in [0.25, 0.3) is 6.08 Å². The first-order chi connectivity index (χ1) is 8.79. The van der Waals surface area contributed by atoms with E-state index in [1.54, 1.807) is 23.5 Å². The summed E-state index contributed by atoms with van der Waals surface area (Å²) in [5, 5.41) is 13.6. The highest BCUT2D eigenvalue weighted by molar-refractivity contribution is 7.09. The Kier molecular flexibility index (Phi) is 3.94. The lowest BCUT2D eigenvalue weighted by Gasteiger charge is -2.01. The number of thiophene rings is 1. The third-order valence-electron chi connectivity index (χ3n) is 2.20. The lowest BCUT2D eigenvalue weighted by molar-refractivity contribution is -0.117. The molecule has 0 fully saturated rings. The van der Waals surface area contributed by atoms with Crippen LogP contribution in [-0.4, -0.2) is 5.91 Å². The summed E-state index contributed by atoms with van der Waals surface area (Å²) in [6, 6.07) is 9.08. The Morgan fingerprint density at radius 3 is 3.00 bits per heavy atom. The van der Waals surface area contributed by atoms with Crippen LogP contribution in [0, 0.1) is 11.3 Å². The predicted molar refractivity (Wildman–Crippen MR) is 68.5 cm³/mol. The standard InChI is InChI=1S/C13H10N2O2S/c14-8-10(7-11-3-1-5-17-11)13(16)15-9-12-4-2-6-18-12/h1-7H,9H2,(H,15,16)/b10-7+. The first-order valence-electron chi connectivity index (χ1n) is 5.25. The minimum absolute atomic E-state index is 0.0292. The fraction of sp³-hybridized carbons (Fsp3) is 0.0769. The molecular weight excluding hydrogens is 248 g/mol. The summed E-state index contributed by atoms with van der Waals surface area (Å²) < 4.78 is 5.06. The quantitative estimate of drug-likeness (QED) is 0.677. The van der Waals surface area contributed by atoms with Crippen LogP contribution >= 0.6 is 11.3 Å². The zero-order valence-electron chi connectivity index (χ0n) is 9.42. The molecule has 0 spiro atoms. The van der Waals surface area contributed by atoms with E-state index >= 15 is 0 Å². The summed E-state index contributed by atoms with van der Waals surface area (Å²) in [6.07, 6.45) is 2.91. The maximum atomic E-state index is 11.8. The maximum absolute atomic E-state index is 11.8. The van der Waals surface area contributed by atoms with Crippen molar-refractivity contribution in [2.45, 2.75) is 6.54 Å². The summed E-state index contributed by atoms with van der Waals surface area (Å²) in [5.74, 6) is 0.0834. The van der Waals surface area contributed by atoms with Crippen molar-refractivity contribution in [3.05, 3.63) is 52.1 Å². The molecule has 0 aliphatic rings. The predicted octanol–water partition coefficient (Wildman–Crippen LogP) is 2.56. The monoisotopic (exact) mass is 258 g/mol. The Hall–Kier alpha value is -2.32. The van der Waals surface area contributed by atoms with Gasteiger partial charge in [0.25, 0.3) is 5.91 Å². The van der Waals surface area contributed by atoms with Crippen molar-refractivity contribution in [3.63, 3.8) is 0 Å². The van der Waals surface area contributed by atoms with Crippen LogP contribution in [0.4, 0.5) is 0 Å². The van der Waals surface area contributed by atoms with Crippen LogP contribution in [-0.2, 0) is 11.3 Å². The fourth-order valence-electron chi connectivity index (χ4n) is 1.34. The molecule has 0 aromatic carbocycles. The molecule has 0 saturated heterocycles. The van der Waals surface area contributed by atoms with Crippen LogP contribution in [0.1, 0.15) is 10.6 Å². The highest BCUT2D eigenvalue weighted by atomic mass is 32.1. The number of furan rings is 1. The lowest BCUT2D eigenvalue weighted by Crippen LogP contribution is -2.23. The van der Waals surface area contributed by atoms with Crippen molar-refractivity contribution in [2.24, 2.45) is 0 Å². The average Bonchev–Trinajstić information content (AvgIpc) is 3.06. The van der Waals surface area contributed by atoms with Crippen molar-refractivity contribution in [2.75, 3.05) is 0 Å². The van der Waals surface area contributed by atoms with Gasteiger partial charge in [0.2, 0.25) is 0 Å². The Morgan fingerprint density at radius 2 is 2.39 bits per heavy atom. The van der Waals surface area contributed by atoms with Gasteiger partial charge in [-0.25, -0.2) is 0 Å². The van der Waals surface area contributed by atoms with Crippen molar-refractivity contribution in [1.29, 1.82) is 5.26 Å². The van der Waals surface area contributed by atoms with Gasteiger partial charge in [-0.2, -0.15) is 5.26 Å². The molecule has 0 unspecified atom stereocenters. The fourth-order valence-corrected chi connectivity index (χ4v) is 1.98. The molecule has 2 rings (SSSR count). The molecule has 4 nitrogen and oxygen atoms in total. The number of rotatable bonds is 4. The topological polar surface area (TPSA) is 66.0 Å². The number of hydrogen-bond donors (Lipinski definition) is 1. The van der Waals surface area contributed by atoms with Gasteiger partial charge in [-0.3, -0.25) is 4.79 Å². The third kappa shape index (κ3) is 3.09. The zero-order valence-corrected chi connectivity index (χ0v) is 10.2. The van der Waals surface area contributed by atoms with Crippen molar-refractivity contribution in [1.82, 2.24) is 5.32 Å². The highest BCUT2D eigenvalue weighted by Crippen LogP contribution is 2.09. The van der Waals surface area contributed by atoms with E-state index < -0.39 is 5.91 Å². The summed E-state index contributed by atoms with van der Waals surface area (Å²) in [4.78, 5) is 12.8. The van der Waals surface area contributed by atoms with E-state index in [2.05, 4.69) is 5.32 Å². The molecule has 0 saturated carbocycles. The second kappa shape index (κ2) is 5.84. The van der Waals surface area contributed by atoms with Crippen molar-refractivity contribution in [3.8, 4) is 6.07 Å². The minimum Gasteiger partial charge on any atom is -0.465 e. The third-order valence-corrected chi connectivity index (χ3v) is 3.07. The van der Waals surface area contributed by atoms with E-state index in [9.17, 15) is 4.79 Å². The summed E-state index contributed by atoms with van der Waals surface area (Å²) in [6.45, 7) is 0.424. The molecule has 0 bridgehead atoms. The molecule has 2 heterocycles. The summed E-state index contributed by atoms with van der Waals surface area (Å²) >= 11 is 1.55. The van der Waals surface area contributed by atoms with Gasteiger partial charge < -0.3 is 9.73 Å². The molecule has 0 atom stereocenters. The van der Waals surface area contributed by atoms with Crippen LogP contribution in [0.5, 0.6) is 0 Å². The van der Waals surface area contributed by atoms with Gasteiger partial charge in [-0.15, -0.1) is 11.3 Å². The Balaban J connectivity index is 2.00. The van der Waals surface area contributed by atoms with E-state index in [0.29, 0.717) is 12.3 Å². The number of hydrogen-bond acceptors (Lipinski definition) is 4. The van der Waals surface area contributed by atoms with E-state index in [1.165, 1.54) is 12.3 Å². The second-order valence-electron chi connectivity index (χ2n) is 3.45. The SMILES string of the molecule is N#C/C(=C\c1ccco1)C(=O)NCc1cccs1. The molecule has 90 valence electrons. The Labute approximate surface area is 108 Å². The van der Waals surface area contributed by atoms with Gasteiger partial charge in [0.1, 0.15) is 17.4 Å². The number of nitrogens with zero attached hydrogens (tertiary/aromatic N) is 1. The van der Waals surface area contributed by atoms with Crippen LogP contribution in [0.3, 0.4) is 0 Å². The van der Waals surface area contributed by atoms with Crippen molar-refractivity contribution >= 4 is 23.3 Å². The largest absolute Gasteiger partial charge is 0.465 e. The maximum Gasteiger partial charge on any atom is 0.262 e. The molecule has 18 heavy (non-hydrogen) atoms. The number of nitriles is 1. The zero-order chi connectivity index (χ0) is 12.8. The van der Waals surface area contributed by atoms with Gasteiger partial charge in [-0.05, 0) is 23.6 Å². The smallest absolute Gasteiger partial charge is 0.262 e. The van der Waals surface area contributed by atoms with Crippen LogP contribution in [0.2, 0.25) is 0 Å². The van der Waals surface area contributed by atoms with Gasteiger partial charge in [-0.1, -0.05) is 6.07 Å². The molecule has 0 radical (unpaired) electrons. The van der Waals surface area contributed by atoms with E-state index in [0.717, 1.165) is 4.88 Å². The molecule has 2 aromatic rings. The molecule has 2 aromatic heterocycles. The first kappa shape index (κ1) is 12.1. The van der Waals surface area contributed by atoms with Gasteiger partial charge in [0.15, 0.2) is 0 Å². The van der Waals surface area contributed by atoms with Crippen LogP contribution in [0.15, 0.2) is 45.9 Å². The van der Waals surface area contributed by atoms with E-state index in [-0.39, 0.29) is 5.57 Å². The number of carbonyl (C=O) groups excluding carboxylic acids is 1. The Bertz CT molecular complexity index is 577. The molecule has 0 aliphatic carbocycles. The Morgan fingerprint density at radius 1 is 1.50 bits per heavy atom. The molecule has 1 amide bonds. The van der Waals surface area contributed by atoms with Gasteiger partial charge in [0.05, 0.1) is 12.8 Å². The number of carbonyl (C=O) groups is 1. The van der Waals surface area contributed by atoms with E-state index in [1.807, 2.05) is 23.6 Å². The normalized spacial score (nSPS) is 10.9. The number of amides is 1. The first-order valence-corrected chi connectivity index (χ1v) is 6.13. The minimum atomic E-state index is -0.401. The lowest BCUT2D eigenvalue weighted by atomic mass is 10.2. The van der Waals surface area contributed by atoms with Crippen LogP contribution < -0.4 is 5.32 Å². The molecule has 0 aliphatic heterocycles. The van der Waals surface area contributed by atoms with Gasteiger partial charge >= 0.3 is 0 Å².